The fourth-order valence-corrected chi connectivity index (χ4v) is 6.54. The molecule has 0 aliphatic heterocycles. The molecule has 1 atom stereocenters. The van der Waals surface area contributed by atoms with Gasteiger partial charge in [0.2, 0.25) is 0 Å². The Morgan fingerprint density at radius 2 is 1.76 bits per heavy atom. The van der Waals surface area contributed by atoms with Crippen molar-refractivity contribution < 1.29 is 4.43 Å². The van der Waals surface area contributed by atoms with Crippen molar-refractivity contribution in [2.24, 2.45) is 5.41 Å². The molecule has 122 valence electrons. The minimum Gasteiger partial charge on any atom is -0.411 e. The van der Waals surface area contributed by atoms with E-state index in [4.69, 9.17) is 4.43 Å². The van der Waals surface area contributed by atoms with Gasteiger partial charge in [-0.3, -0.25) is 0 Å². The van der Waals surface area contributed by atoms with Crippen molar-refractivity contribution in [3.05, 3.63) is 23.3 Å². The SMILES string of the molecule is CC[Si](CC)(CC)OC(C)/C=C\C1=C(C)CCCC1(C)C. The van der Waals surface area contributed by atoms with Gasteiger partial charge < -0.3 is 4.43 Å². The van der Waals surface area contributed by atoms with Crippen molar-refractivity contribution in [3.8, 4) is 0 Å². The third kappa shape index (κ3) is 4.82. The number of rotatable bonds is 7. The van der Waals surface area contributed by atoms with E-state index in [9.17, 15) is 0 Å². The molecule has 2 heteroatoms. The topological polar surface area (TPSA) is 9.23 Å². The molecule has 0 spiro atoms. The Kier molecular flexibility index (Phi) is 6.93. The average Bonchev–Trinajstić information content (AvgIpc) is 2.43. The highest BCUT2D eigenvalue weighted by molar-refractivity contribution is 6.73. The van der Waals surface area contributed by atoms with Gasteiger partial charge in [-0.1, -0.05) is 52.3 Å². The Morgan fingerprint density at radius 3 is 2.24 bits per heavy atom. The summed E-state index contributed by atoms with van der Waals surface area (Å²) in [7, 11) is -1.49. The lowest BCUT2D eigenvalue weighted by Gasteiger charge is -2.34. The summed E-state index contributed by atoms with van der Waals surface area (Å²) in [6.45, 7) is 16.2. The lowest BCUT2D eigenvalue weighted by atomic mass is 9.72. The van der Waals surface area contributed by atoms with Gasteiger partial charge in [-0.2, -0.15) is 0 Å². The van der Waals surface area contributed by atoms with Crippen LogP contribution in [0.5, 0.6) is 0 Å². The first kappa shape index (κ1) is 18.7. The molecule has 0 radical (unpaired) electrons. The maximum atomic E-state index is 6.51. The molecule has 0 N–H and O–H groups in total. The molecule has 0 fully saturated rings. The normalized spacial score (nSPS) is 21.1. The first-order valence-electron chi connectivity index (χ1n) is 8.86. The molecule has 1 rings (SSSR count). The summed E-state index contributed by atoms with van der Waals surface area (Å²) < 4.78 is 6.51. The van der Waals surface area contributed by atoms with Gasteiger partial charge in [0.1, 0.15) is 0 Å². The van der Waals surface area contributed by atoms with Crippen LogP contribution in [0.25, 0.3) is 0 Å². The van der Waals surface area contributed by atoms with E-state index in [1.54, 1.807) is 11.1 Å². The molecule has 0 saturated carbocycles. The second-order valence-corrected chi connectivity index (χ2v) is 12.1. The molecule has 1 aliphatic rings. The minimum atomic E-state index is -1.49. The van der Waals surface area contributed by atoms with Crippen LogP contribution in [0.15, 0.2) is 23.3 Å². The van der Waals surface area contributed by atoms with Crippen molar-refractivity contribution in [1.82, 2.24) is 0 Å². The maximum Gasteiger partial charge on any atom is 0.192 e. The highest BCUT2D eigenvalue weighted by atomic mass is 28.4. The Labute approximate surface area is 134 Å². The van der Waals surface area contributed by atoms with Gasteiger partial charge in [0, 0.05) is 0 Å². The van der Waals surface area contributed by atoms with Crippen LogP contribution in [0.1, 0.15) is 67.7 Å². The van der Waals surface area contributed by atoms with Crippen LogP contribution >= 0.6 is 0 Å². The molecule has 0 aromatic carbocycles. The van der Waals surface area contributed by atoms with Crippen molar-refractivity contribution in [2.45, 2.75) is 92.0 Å². The van der Waals surface area contributed by atoms with Gasteiger partial charge in [-0.15, -0.1) is 0 Å². The monoisotopic (exact) mass is 308 g/mol. The summed E-state index contributed by atoms with van der Waals surface area (Å²) in [5, 5.41) is 0. The molecule has 1 aliphatic carbocycles. The van der Waals surface area contributed by atoms with E-state index in [-0.39, 0.29) is 6.10 Å². The van der Waals surface area contributed by atoms with Crippen LogP contribution < -0.4 is 0 Å². The van der Waals surface area contributed by atoms with E-state index in [1.807, 2.05) is 0 Å². The Bertz CT molecular complexity index is 380. The van der Waals surface area contributed by atoms with E-state index < -0.39 is 8.32 Å². The van der Waals surface area contributed by atoms with E-state index in [0.717, 1.165) is 0 Å². The fraction of sp³-hybridized carbons (Fsp3) is 0.789. The number of hydrogen-bond donors (Lipinski definition) is 0. The zero-order valence-corrected chi connectivity index (χ0v) is 16.4. The number of allylic oxidation sites excluding steroid dienone is 3. The van der Waals surface area contributed by atoms with E-state index in [2.05, 4.69) is 60.6 Å². The molecule has 21 heavy (non-hydrogen) atoms. The first-order valence-corrected chi connectivity index (χ1v) is 11.4. The minimum absolute atomic E-state index is 0.245. The van der Waals surface area contributed by atoms with Gasteiger partial charge in [0.25, 0.3) is 0 Å². The fourth-order valence-electron chi connectivity index (χ4n) is 3.68. The molecule has 0 amide bonds. The summed E-state index contributed by atoms with van der Waals surface area (Å²) >= 11 is 0. The van der Waals surface area contributed by atoms with Crippen LogP contribution in [0, 0.1) is 5.41 Å². The van der Waals surface area contributed by atoms with Gasteiger partial charge in [0.15, 0.2) is 8.32 Å². The summed E-state index contributed by atoms with van der Waals surface area (Å²) in [5.41, 5.74) is 3.44. The van der Waals surface area contributed by atoms with E-state index in [0.29, 0.717) is 5.41 Å². The highest BCUT2D eigenvalue weighted by Crippen LogP contribution is 2.40. The molecule has 0 bridgehead atoms. The maximum absolute atomic E-state index is 6.51. The smallest absolute Gasteiger partial charge is 0.192 e. The third-order valence-corrected chi connectivity index (χ3v) is 10.2. The molecule has 0 aromatic heterocycles. The molecular formula is C19H36OSi. The van der Waals surface area contributed by atoms with E-state index >= 15 is 0 Å². The Morgan fingerprint density at radius 1 is 1.19 bits per heavy atom. The zero-order valence-electron chi connectivity index (χ0n) is 15.4. The molecule has 1 unspecified atom stereocenters. The average molecular weight is 309 g/mol. The molecular weight excluding hydrogens is 272 g/mol. The quantitative estimate of drug-likeness (QED) is 0.489. The number of hydrogen-bond acceptors (Lipinski definition) is 1. The Balaban J connectivity index is 2.80. The van der Waals surface area contributed by atoms with Gasteiger partial charge >= 0.3 is 0 Å². The predicted octanol–water partition coefficient (Wildman–Crippen LogP) is 6.48. The van der Waals surface area contributed by atoms with E-state index in [1.165, 1.54) is 37.4 Å². The highest BCUT2D eigenvalue weighted by Gasteiger charge is 2.30. The molecule has 0 heterocycles. The third-order valence-electron chi connectivity index (χ3n) is 5.45. The molecule has 0 aromatic rings. The van der Waals surface area contributed by atoms with Crippen LogP contribution in [0.4, 0.5) is 0 Å². The standard InChI is InChI=1S/C19H36OSi/c1-8-21(9-2,10-3)20-17(5)13-14-18-16(4)12-11-15-19(18,6)7/h13-14,17H,8-12,15H2,1-7H3/b14-13-. The zero-order chi connectivity index (χ0) is 16.1. The molecule has 1 nitrogen and oxygen atoms in total. The van der Waals surface area contributed by atoms with Crippen molar-refractivity contribution >= 4 is 8.32 Å². The van der Waals surface area contributed by atoms with Crippen molar-refractivity contribution in [1.29, 1.82) is 0 Å². The lowest BCUT2D eigenvalue weighted by molar-refractivity contribution is 0.252. The second-order valence-electron chi connectivity index (χ2n) is 7.36. The van der Waals surface area contributed by atoms with Crippen LogP contribution in [0.3, 0.4) is 0 Å². The van der Waals surface area contributed by atoms with Gasteiger partial charge in [-0.05, 0) is 62.2 Å². The summed E-state index contributed by atoms with van der Waals surface area (Å²) in [6.07, 6.45) is 8.80. The molecule has 0 saturated heterocycles. The summed E-state index contributed by atoms with van der Waals surface area (Å²) in [6, 6.07) is 3.68. The van der Waals surface area contributed by atoms with Crippen molar-refractivity contribution in [2.75, 3.05) is 0 Å². The first-order chi connectivity index (χ1) is 9.80. The second kappa shape index (κ2) is 7.78. The van der Waals surface area contributed by atoms with Crippen LogP contribution in [-0.4, -0.2) is 14.4 Å². The van der Waals surface area contributed by atoms with Crippen molar-refractivity contribution in [3.63, 3.8) is 0 Å². The summed E-state index contributed by atoms with van der Waals surface area (Å²) in [5.74, 6) is 0. The van der Waals surface area contributed by atoms with Crippen LogP contribution in [0.2, 0.25) is 18.1 Å². The largest absolute Gasteiger partial charge is 0.411 e. The van der Waals surface area contributed by atoms with Gasteiger partial charge in [-0.25, -0.2) is 0 Å². The van der Waals surface area contributed by atoms with Gasteiger partial charge in [0.05, 0.1) is 6.10 Å². The summed E-state index contributed by atoms with van der Waals surface area (Å²) in [4.78, 5) is 0. The predicted molar refractivity (Wildman–Crippen MR) is 97.2 cm³/mol. The lowest BCUT2D eigenvalue weighted by Crippen LogP contribution is -2.38. The Hall–Kier alpha value is -0.343. The van der Waals surface area contributed by atoms with Crippen LogP contribution in [-0.2, 0) is 4.43 Å².